The topological polar surface area (TPSA) is 49.4 Å². The maximum atomic E-state index is 13.1. The number of nitrogens with one attached hydrogen (secondary N) is 1. The summed E-state index contributed by atoms with van der Waals surface area (Å²) >= 11 is 0. The molecule has 0 saturated carbocycles. The number of nitrogens with zero attached hydrogens (tertiary/aromatic N) is 1. The van der Waals surface area contributed by atoms with Gasteiger partial charge in [0.2, 0.25) is 5.91 Å². The van der Waals surface area contributed by atoms with Gasteiger partial charge < -0.3 is 10.2 Å². The maximum absolute atomic E-state index is 13.1. The number of likely N-dealkylation sites (tertiary alicyclic amines) is 1. The highest BCUT2D eigenvalue weighted by molar-refractivity contribution is 5.93. The lowest BCUT2D eigenvalue weighted by Gasteiger charge is -2.33. The van der Waals surface area contributed by atoms with Gasteiger partial charge in [-0.15, -0.1) is 0 Å². The van der Waals surface area contributed by atoms with Crippen molar-refractivity contribution in [1.82, 2.24) is 10.2 Å². The summed E-state index contributed by atoms with van der Waals surface area (Å²) in [5, 5.41) is 3.15. The molecule has 0 radical (unpaired) electrons. The van der Waals surface area contributed by atoms with Crippen LogP contribution in [0.5, 0.6) is 0 Å². The lowest BCUT2D eigenvalue weighted by Crippen LogP contribution is -2.38. The Morgan fingerprint density at radius 1 is 1.16 bits per heavy atom. The number of hydrogen-bond donors (Lipinski definition) is 1. The Morgan fingerprint density at radius 2 is 1.71 bits per heavy atom. The molecular weight excluding hydrogens is 384 g/mol. The number of benzene rings is 1. The SMILES string of the molecule is CC.CCC.CCC(CC)C(C)(C)C(=O)C1CC(=O)N(Cc2cccc(CNC)c2)C1.[HH]. The molecule has 1 heterocycles. The van der Waals surface area contributed by atoms with Crippen LogP contribution in [0.25, 0.3) is 0 Å². The highest BCUT2D eigenvalue weighted by atomic mass is 16.2. The average molecular weight is 435 g/mol. The molecule has 0 aliphatic carbocycles. The zero-order chi connectivity index (χ0) is 24.0. The largest absolute Gasteiger partial charge is 0.338 e. The van der Waals surface area contributed by atoms with Crippen LogP contribution in [0.3, 0.4) is 0 Å². The summed E-state index contributed by atoms with van der Waals surface area (Å²) < 4.78 is 0. The predicted octanol–water partition coefficient (Wildman–Crippen LogP) is 6.47. The van der Waals surface area contributed by atoms with E-state index in [-0.39, 0.29) is 24.4 Å². The Bertz CT molecular complexity index is 657. The molecule has 31 heavy (non-hydrogen) atoms. The number of hydrogen-bond acceptors (Lipinski definition) is 3. The predicted molar refractivity (Wildman–Crippen MR) is 135 cm³/mol. The molecule has 1 aromatic carbocycles. The Hall–Kier alpha value is -1.68. The minimum Gasteiger partial charge on any atom is -0.338 e. The van der Waals surface area contributed by atoms with Crippen LogP contribution in [0.15, 0.2) is 24.3 Å². The lowest BCUT2D eigenvalue weighted by molar-refractivity contribution is -0.134. The highest BCUT2D eigenvalue weighted by Gasteiger charge is 2.43. The molecule has 0 aromatic heterocycles. The first kappa shape index (κ1) is 29.3. The van der Waals surface area contributed by atoms with Gasteiger partial charge in [0.15, 0.2) is 0 Å². The van der Waals surface area contributed by atoms with E-state index in [4.69, 9.17) is 0 Å². The van der Waals surface area contributed by atoms with E-state index in [0.717, 1.165) is 24.9 Å². The normalized spacial score (nSPS) is 15.9. The van der Waals surface area contributed by atoms with Crippen LogP contribution in [-0.2, 0) is 22.7 Å². The van der Waals surface area contributed by atoms with E-state index in [1.54, 1.807) is 0 Å². The molecule has 1 atom stereocenters. The molecule has 1 amide bonds. The third-order valence-electron chi connectivity index (χ3n) is 5.97. The quantitative estimate of drug-likeness (QED) is 0.484. The van der Waals surface area contributed by atoms with Gasteiger partial charge in [0.1, 0.15) is 5.78 Å². The number of Topliss-reactive ketones (excluding diaryl/α,β-unsaturated/α-hetero) is 1. The van der Waals surface area contributed by atoms with Crippen molar-refractivity contribution in [2.24, 2.45) is 17.3 Å². The minimum absolute atomic E-state index is 0. The van der Waals surface area contributed by atoms with E-state index in [9.17, 15) is 9.59 Å². The van der Waals surface area contributed by atoms with Gasteiger partial charge in [0, 0.05) is 38.8 Å². The number of carbonyl (C=O) groups is 2. The van der Waals surface area contributed by atoms with Crippen molar-refractivity contribution in [2.75, 3.05) is 13.6 Å². The van der Waals surface area contributed by atoms with Gasteiger partial charge in [-0.1, -0.05) is 98.9 Å². The van der Waals surface area contributed by atoms with E-state index < -0.39 is 0 Å². The fourth-order valence-electron chi connectivity index (χ4n) is 4.40. The molecule has 180 valence electrons. The standard InChI is InChI=1S/C22H34N2O2.C3H8.C2H6.H2/c1-6-19(7-2)22(3,4)21(26)18-12-20(25)24(15-18)14-17-10-8-9-16(11-17)13-23-5;1-3-2;1-2;/h8-11,18-19,23H,6-7,12-15H2,1-5H3;3H2,1-2H3;1-2H3;1H. The fraction of sp³-hybridized carbons (Fsp3) is 0.704. The Balaban J connectivity index is 0. The maximum Gasteiger partial charge on any atom is 0.223 e. The molecule has 2 rings (SSSR count). The zero-order valence-corrected chi connectivity index (χ0v) is 21.7. The van der Waals surface area contributed by atoms with Crippen molar-refractivity contribution in [3.63, 3.8) is 0 Å². The molecule has 4 heteroatoms. The Morgan fingerprint density at radius 3 is 2.23 bits per heavy atom. The fourth-order valence-corrected chi connectivity index (χ4v) is 4.40. The summed E-state index contributed by atoms with van der Waals surface area (Å²) in [7, 11) is 1.93. The average Bonchev–Trinajstić information content (AvgIpc) is 3.11. The second-order valence-corrected chi connectivity index (χ2v) is 8.83. The smallest absolute Gasteiger partial charge is 0.223 e. The molecule has 1 aromatic rings. The number of carbonyl (C=O) groups excluding carboxylic acids is 2. The van der Waals surface area contributed by atoms with E-state index in [0.29, 0.717) is 25.4 Å². The molecule has 1 N–H and O–H groups in total. The van der Waals surface area contributed by atoms with Gasteiger partial charge in [0.05, 0.1) is 0 Å². The summed E-state index contributed by atoms with van der Waals surface area (Å²) in [5.41, 5.74) is 1.97. The molecule has 1 aliphatic rings. The second kappa shape index (κ2) is 15.2. The van der Waals surface area contributed by atoms with Crippen LogP contribution >= 0.6 is 0 Å². The van der Waals surface area contributed by atoms with E-state index in [1.165, 1.54) is 12.0 Å². The first-order valence-corrected chi connectivity index (χ1v) is 12.3. The minimum atomic E-state index is -0.364. The monoisotopic (exact) mass is 434 g/mol. The van der Waals surface area contributed by atoms with Crippen LogP contribution < -0.4 is 5.32 Å². The molecule has 0 spiro atoms. The van der Waals surface area contributed by atoms with Gasteiger partial charge in [-0.25, -0.2) is 0 Å². The number of amides is 1. The first-order valence-electron chi connectivity index (χ1n) is 12.3. The van der Waals surface area contributed by atoms with Crippen molar-refractivity contribution >= 4 is 11.7 Å². The molecular formula is C27H50N2O2. The van der Waals surface area contributed by atoms with Crippen LogP contribution in [0.4, 0.5) is 0 Å². The van der Waals surface area contributed by atoms with Crippen molar-refractivity contribution < 1.29 is 11.0 Å². The first-order chi connectivity index (χ1) is 14.7. The summed E-state index contributed by atoms with van der Waals surface area (Å²) in [6.45, 7) is 18.6. The van der Waals surface area contributed by atoms with E-state index >= 15 is 0 Å². The third kappa shape index (κ3) is 8.76. The zero-order valence-electron chi connectivity index (χ0n) is 21.7. The molecule has 1 unspecified atom stereocenters. The Kier molecular flexibility index (Phi) is 14.4. The third-order valence-corrected chi connectivity index (χ3v) is 5.97. The van der Waals surface area contributed by atoms with E-state index in [2.05, 4.69) is 65.1 Å². The van der Waals surface area contributed by atoms with Crippen LogP contribution in [0.1, 0.15) is 93.6 Å². The van der Waals surface area contributed by atoms with Gasteiger partial charge in [0.25, 0.3) is 0 Å². The van der Waals surface area contributed by atoms with Gasteiger partial charge in [-0.2, -0.15) is 0 Å². The van der Waals surface area contributed by atoms with Crippen molar-refractivity contribution in [1.29, 1.82) is 0 Å². The summed E-state index contributed by atoms with van der Waals surface area (Å²) in [6, 6.07) is 8.29. The van der Waals surface area contributed by atoms with Crippen molar-refractivity contribution in [3.05, 3.63) is 35.4 Å². The summed E-state index contributed by atoms with van der Waals surface area (Å²) in [5.74, 6) is 0.560. The Labute approximate surface area is 193 Å². The molecule has 0 bridgehead atoms. The molecule has 4 nitrogen and oxygen atoms in total. The lowest BCUT2D eigenvalue weighted by atomic mass is 9.69. The molecule has 1 aliphatic heterocycles. The van der Waals surface area contributed by atoms with Crippen molar-refractivity contribution in [3.8, 4) is 0 Å². The second-order valence-electron chi connectivity index (χ2n) is 8.83. The van der Waals surface area contributed by atoms with Crippen LogP contribution in [-0.4, -0.2) is 30.2 Å². The van der Waals surface area contributed by atoms with Gasteiger partial charge in [-0.05, 0) is 24.1 Å². The molecule has 1 saturated heterocycles. The summed E-state index contributed by atoms with van der Waals surface area (Å²) in [4.78, 5) is 27.5. The highest BCUT2D eigenvalue weighted by Crippen LogP contribution is 2.37. The van der Waals surface area contributed by atoms with Gasteiger partial charge >= 0.3 is 0 Å². The summed E-state index contributed by atoms with van der Waals surface area (Å²) in [6.07, 6.45) is 3.61. The van der Waals surface area contributed by atoms with Crippen LogP contribution in [0, 0.1) is 17.3 Å². The van der Waals surface area contributed by atoms with Gasteiger partial charge in [-0.3, -0.25) is 9.59 Å². The van der Waals surface area contributed by atoms with Crippen molar-refractivity contribution in [2.45, 2.75) is 94.2 Å². The van der Waals surface area contributed by atoms with E-state index in [1.807, 2.05) is 31.9 Å². The number of ketones is 1. The number of rotatable bonds is 9. The molecule has 1 fully saturated rings. The van der Waals surface area contributed by atoms with Crippen LogP contribution in [0.2, 0.25) is 0 Å².